The van der Waals surface area contributed by atoms with Crippen molar-refractivity contribution < 1.29 is 13.7 Å². The highest BCUT2D eigenvalue weighted by Gasteiger charge is 2.49. The van der Waals surface area contributed by atoms with Crippen molar-refractivity contribution in [3.8, 4) is 5.75 Å². The minimum atomic E-state index is -1.80. The number of likely N-dealkylation sites (tertiary alicyclic amines) is 1. The molecule has 49 heavy (non-hydrogen) atoms. The maximum Gasteiger partial charge on any atom is 0.240 e. The molecular formula is C42H57N3O3Si. The van der Waals surface area contributed by atoms with E-state index in [2.05, 4.69) is 123 Å². The monoisotopic (exact) mass is 679 g/mol. The van der Waals surface area contributed by atoms with Gasteiger partial charge in [-0.25, -0.2) is 0 Å². The standard InChI is InChI=1S/C42H57N3O3Si/c1-42(2,3)41(48-49(33-12-8-6-9-13-33)34-14-10-7-11-15-34)36-26-32(36)27-45-24-22-30(23-25-45)18-20-38-35-19-21-39(46-29-31-16-17-31)37(28-44(4)5)40(35)47-43-38/h6-15,19,21,30-32,36,41,49H,16-18,20,22-29H2,1-5H3/t32-,36-,41?/m0/s1. The van der Waals surface area contributed by atoms with Gasteiger partial charge in [-0.3, -0.25) is 0 Å². The fraction of sp³-hybridized carbons (Fsp3) is 0.548. The highest BCUT2D eigenvalue weighted by Crippen LogP contribution is 2.49. The molecule has 1 aliphatic heterocycles. The third-order valence-corrected chi connectivity index (χ3v) is 13.7. The smallest absolute Gasteiger partial charge is 0.240 e. The van der Waals surface area contributed by atoms with E-state index in [9.17, 15) is 0 Å². The average molecular weight is 680 g/mol. The van der Waals surface area contributed by atoms with Gasteiger partial charge >= 0.3 is 0 Å². The molecule has 3 aromatic carbocycles. The first-order valence-electron chi connectivity index (χ1n) is 18.9. The normalized spacial score (nSPS) is 21.1. The summed E-state index contributed by atoms with van der Waals surface area (Å²) in [6, 6.07) is 26.3. The number of ether oxygens (including phenoxy) is 1. The first-order valence-corrected chi connectivity index (χ1v) is 20.5. The van der Waals surface area contributed by atoms with Crippen LogP contribution in [0.5, 0.6) is 5.75 Å². The Morgan fingerprint density at radius 3 is 2.18 bits per heavy atom. The number of aromatic nitrogens is 1. The topological polar surface area (TPSA) is 51.0 Å². The zero-order valence-corrected chi connectivity index (χ0v) is 31.6. The van der Waals surface area contributed by atoms with Crippen LogP contribution in [0.2, 0.25) is 0 Å². The summed E-state index contributed by atoms with van der Waals surface area (Å²) < 4.78 is 19.5. The van der Waals surface area contributed by atoms with Crippen molar-refractivity contribution in [2.24, 2.45) is 29.1 Å². The maximum atomic E-state index is 7.30. The molecule has 3 aliphatic rings. The van der Waals surface area contributed by atoms with E-state index in [0.29, 0.717) is 5.92 Å². The Hall–Kier alpha value is -2.97. The summed E-state index contributed by atoms with van der Waals surface area (Å²) in [5.74, 6) is 3.79. The summed E-state index contributed by atoms with van der Waals surface area (Å²) in [5, 5.41) is 8.50. The number of fused-ring (bicyclic) bond motifs is 1. The Bertz CT molecular complexity index is 1600. The largest absolute Gasteiger partial charge is 0.493 e. The highest BCUT2D eigenvalue weighted by molar-refractivity contribution is 6.80. The SMILES string of the molecule is CN(C)Cc1c(OCC2CC2)ccc2c(CCC3CCN(C[C@@H]4C[C@@H]4C(O[SiH](c4ccccc4)c4ccccc4)C(C)(C)C)CC3)noc12. The zero-order valence-electron chi connectivity index (χ0n) is 30.4. The number of rotatable bonds is 15. The summed E-state index contributed by atoms with van der Waals surface area (Å²) in [4.78, 5) is 4.93. The van der Waals surface area contributed by atoms with Gasteiger partial charge in [-0.15, -0.1) is 0 Å². The molecule has 0 spiro atoms. The molecule has 2 aliphatic carbocycles. The zero-order chi connectivity index (χ0) is 34.0. The first-order chi connectivity index (χ1) is 23.7. The summed E-state index contributed by atoms with van der Waals surface area (Å²) in [6.07, 6.45) is 8.83. The molecule has 4 aromatic rings. The Labute approximate surface area is 295 Å². The first kappa shape index (κ1) is 34.5. The van der Waals surface area contributed by atoms with Crippen LogP contribution in [0.15, 0.2) is 77.3 Å². The van der Waals surface area contributed by atoms with Crippen LogP contribution in [0.3, 0.4) is 0 Å². The van der Waals surface area contributed by atoms with Crippen LogP contribution in [0, 0.1) is 29.1 Å². The molecule has 7 rings (SSSR count). The van der Waals surface area contributed by atoms with Crippen molar-refractivity contribution in [3.05, 3.63) is 84.1 Å². The summed E-state index contributed by atoms with van der Waals surface area (Å²) in [6.45, 7) is 12.3. The second kappa shape index (κ2) is 15.1. The van der Waals surface area contributed by atoms with Crippen molar-refractivity contribution in [1.82, 2.24) is 15.0 Å². The summed E-state index contributed by atoms with van der Waals surface area (Å²) >= 11 is 0. The fourth-order valence-corrected chi connectivity index (χ4v) is 10.8. The van der Waals surface area contributed by atoms with Crippen LogP contribution in [0.25, 0.3) is 11.0 Å². The molecule has 1 unspecified atom stereocenters. The van der Waals surface area contributed by atoms with Crippen molar-refractivity contribution in [1.29, 1.82) is 0 Å². The predicted octanol–water partition coefficient (Wildman–Crippen LogP) is 6.93. The van der Waals surface area contributed by atoms with Gasteiger partial charge < -0.3 is 23.5 Å². The molecule has 7 heteroatoms. The van der Waals surface area contributed by atoms with E-state index in [1.54, 1.807) is 0 Å². The quantitative estimate of drug-likeness (QED) is 0.127. The number of aryl methyl sites for hydroxylation is 1. The van der Waals surface area contributed by atoms with E-state index in [1.165, 1.54) is 68.5 Å². The number of hydrogen-bond acceptors (Lipinski definition) is 6. The van der Waals surface area contributed by atoms with Crippen molar-refractivity contribution in [2.45, 2.75) is 78.4 Å². The molecule has 1 aromatic heterocycles. The van der Waals surface area contributed by atoms with Crippen LogP contribution in [-0.2, 0) is 17.4 Å². The summed E-state index contributed by atoms with van der Waals surface area (Å²) in [7, 11) is 2.40. The molecule has 2 saturated carbocycles. The lowest BCUT2D eigenvalue weighted by molar-refractivity contribution is 0.0606. The molecular weight excluding hydrogens is 623 g/mol. The fourth-order valence-electron chi connectivity index (χ4n) is 8.05. The Balaban J connectivity index is 0.925. The number of benzene rings is 3. The van der Waals surface area contributed by atoms with Crippen molar-refractivity contribution in [2.75, 3.05) is 40.3 Å². The van der Waals surface area contributed by atoms with E-state index < -0.39 is 9.04 Å². The molecule has 1 saturated heterocycles. The lowest BCUT2D eigenvalue weighted by Gasteiger charge is -2.36. The minimum Gasteiger partial charge on any atom is -0.493 e. The van der Waals surface area contributed by atoms with E-state index in [4.69, 9.17) is 13.7 Å². The lowest BCUT2D eigenvalue weighted by atomic mass is 9.85. The molecule has 0 bridgehead atoms. The Morgan fingerprint density at radius 2 is 1.57 bits per heavy atom. The minimum absolute atomic E-state index is 0.102. The van der Waals surface area contributed by atoms with Gasteiger partial charge in [0.15, 0.2) is 5.58 Å². The van der Waals surface area contributed by atoms with Gasteiger partial charge in [0, 0.05) is 18.5 Å². The molecule has 0 radical (unpaired) electrons. The second-order valence-corrected chi connectivity index (χ2v) is 19.0. The van der Waals surface area contributed by atoms with E-state index in [-0.39, 0.29) is 11.5 Å². The lowest BCUT2D eigenvalue weighted by Crippen LogP contribution is -2.50. The van der Waals surface area contributed by atoms with Gasteiger partial charge in [-0.2, -0.15) is 0 Å². The third kappa shape index (κ3) is 8.67. The van der Waals surface area contributed by atoms with Crippen LogP contribution in [0.4, 0.5) is 0 Å². The Kier molecular flexibility index (Phi) is 10.6. The van der Waals surface area contributed by atoms with Gasteiger partial charge in [0.05, 0.1) is 24.0 Å². The third-order valence-electron chi connectivity index (χ3n) is 11.1. The van der Waals surface area contributed by atoms with Crippen LogP contribution < -0.4 is 15.1 Å². The number of piperidine rings is 1. The molecule has 0 amide bonds. The van der Waals surface area contributed by atoms with Gasteiger partial charge in [0.1, 0.15) is 5.75 Å². The van der Waals surface area contributed by atoms with E-state index >= 15 is 0 Å². The van der Waals surface area contributed by atoms with Crippen molar-refractivity contribution >= 4 is 30.4 Å². The molecule has 3 atom stereocenters. The molecule has 262 valence electrons. The van der Waals surface area contributed by atoms with Crippen molar-refractivity contribution in [3.63, 3.8) is 0 Å². The molecule has 3 fully saturated rings. The second-order valence-electron chi connectivity index (χ2n) is 16.6. The number of hydrogen-bond donors (Lipinski definition) is 0. The van der Waals surface area contributed by atoms with Gasteiger partial charge in [0.25, 0.3) is 0 Å². The van der Waals surface area contributed by atoms with Gasteiger partial charge in [-0.05, 0) is 124 Å². The highest BCUT2D eigenvalue weighted by atomic mass is 28.3. The average Bonchev–Trinajstić information content (AvgIpc) is 4.02. The Morgan fingerprint density at radius 1 is 0.898 bits per heavy atom. The van der Waals surface area contributed by atoms with Gasteiger partial charge in [-0.1, -0.05) is 86.6 Å². The number of nitrogens with zero attached hydrogens (tertiary/aromatic N) is 3. The van der Waals surface area contributed by atoms with Gasteiger partial charge in [0.2, 0.25) is 9.04 Å². The van der Waals surface area contributed by atoms with Crippen LogP contribution in [-0.4, -0.2) is 70.4 Å². The molecule has 6 nitrogen and oxygen atoms in total. The van der Waals surface area contributed by atoms with Crippen LogP contribution >= 0.6 is 0 Å². The summed E-state index contributed by atoms with van der Waals surface area (Å²) in [5.41, 5.74) is 3.24. The van der Waals surface area contributed by atoms with E-state index in [1.807, 2.05) is 0 Å². The predicted molar refractivity (Wildman–Crippen MR) is 202 cm³/mol. The van der Waals surface area contributed by atoms with E-state index in [0.717, 1.165) is 65.3 Å². The molecule has 2 heterocycles. The van der Waals surface area contributed by atoms with Crippen LogP contribution in [0.1, 0.15) is 70.6 Å². The molecule has 0 N–H and O–H groups in total. The maximum absolute atomic E-state index is 7.30.